The number of hydrogen-bond acceptors (Lipinski definition) is 2. The third-order valence-corrected chi connectivity index (χ3v) is 2.55. The molecule has 0 amide bonds. The van der Waals surface area contributed by atoms with Crippen LogP contribution in [0.2, 0.25) is 5.02 Å². The van der Waals surface area contributed by atoms with E-state index in [4.69, 9.17) is 16.3 Å². The van der Waals surface area contributed by atoms with E-state index in [2.05, 4.69) is 0 Å². The fourth-order valence-electron chi connectivity index (χ4n) is 1.50. The van der Waals surface area contributed by atoms with E-state index in [1.165, 1.54) is 0 Å². The number of methoxy groups -OCH3 is 1. The molecule has 0 fully saturated rings. The smallest absolute Gasteiger partial charge is 0.0681 e. The van der Waals surface area contributed by atoms with Crippen LogP contribution >= 0.6 is 11.6 Å². The molecule has 0 spiro atoms. The monoisotopic (exact) mass is 228 g/mol. The highest BCUT2D eigenvalue weighted by atomic mass is 35.5. The molecule has 1 N–H and O–H groups in total. The summed E-state index contributed by atoms with van der Waals surface area (Å²) < 4.78 is 4.95. The van der Waals surface area contributed by atoms with Gasteiger partial charge in [-0.1, -0.05) is 23.7 Å². The summed E-state index contributed by atoms with van der Waals surface area (Å²) >= 11 is 5.87. The number of benzene rings is 1. The van der Waals surface area contributed by atoms with E-state index < -0.39 is 5.60 Å². The minimum Gasteiger partial charge on any atom is -0.390 e. The zero-order valence-electron chi connectivity index (χ0n) is 9.16. The summed E-state index contributed by atoms with van der Waals surface area (Å²) in [6, 6.07) is 7.56. The molecule has 2 nitrogen and oxygen atoms in total. The number of rotatable bonds is 5. The van der Waals surface area contributed by atoms with Crippen LogP contribution in [0, 0.1) is 0 Å². The van der Waals surface area contributed by atoms with E-state index in [9.17, 15) is 5.11 Å². The van der Waals surface area contributed by atoms with Gasteiger partial charge in [-0.3, -0.25) is 0 Å². The molecular formula is C12H17ClO2. The summed E-state index contributed by atoms with van der Waals surface area (Å²) in [6.45, 7) is 2.38. The van der Waals surface area contributed by atoms with Crippen molar-refractivity contribution in [3.05, 3.63) is 34.9 Å². The number of halogens is 1. The summed E-state index contributed by atoms with van der Waals surface area (Å²) in [5.41, 5.74) is 0.310. The SMILES string of the molecule is COCCC(C)(O)Cc1cccc(Cl)c1. The van der Waals surface area contributed by atoms with Gasteiger partial charge in [0.15, 0.2) is 0 Å². The molecule has 1 unspecified atom stereocenters. The highest BCUT2D eigenvalue weighted by molar-refractivity contribution is 6.30. The molecule has 1 rings (SSSR count). The third kappa shape index (κ3) is 4.65. The second kappa shape index (κ2) is 5.50. The Kier molecular flexibility index (Phi) is 4.58. The molecule has 0 aromatic heterocycles. The van der Waals surface area contributed by atoms with Gasteiger partial charge < -0.3 is 9.84 Å². The van der Waals surface area contributed by atoms with E-state index in [1.807, 2.05) is 31.2 Å². The van der Waals surface area contributed by atoms with Crippen LogP contribution in [0.3, 0.4) is 0 Å². The number of hydrogen-bond donors (Lipinski definition) is 1. The highest BCUT2D eigenvalue weighted by Gasteiger charge is 2.20. The Bertz CT molecular complexity index is 310. The maximum Gasteiger partial charge on any atom is 0.0681 e. The van der Waals surface area contributed by atoms with Crippen LogP contribution in [-0.4, -0.2) is 24.4 Å². The lowest BCUT2D eigenvalue weighted by Gasteiger charge is -2.22. The lowest BCUT2D eigenvalue weighted by atomic mass is 9.94. The van der Waals surface area contributed by atoms with E-state index in [1.54, 1.807) is 7.11 Å². The van der Waals surface area contributed by atoms with Crippen molar-refractivity contribution in [2.75, 3.05) is 13.7 Å². The van der Waals surface area contributed by atoms with Gasteiger partial charge in [0, 0.05) is 25.2 Å². The Labute approximate surface area is 95.8 Å². The summed E-state index contributed by atoms with van der Waals surface area (Å²) in [7, 11) is 1.63. The molecule has 1 aromatic rings. The van der Waals surface area contributed by atoms with Gasteiger partial charge in [0.1, 0.15) is 0 Å². The van der Waals surface area contributed by atoms with Crippen molar-refractivity contribution in [3.63, 3.8) is 0 Å². The minimum atomic E-state index is -0.735. The maximum atomic E-state index is 10.1. The Morgan fingerprint density at radius 1 is 1.47 bits per heavy atom. The molecule has 15 heavy (non-hydrogen) atoms. The summed E-state index contributed by atoms with van der Waals surface area (Å²) in [6.07, 6.45) is 1.22. The summed E-state index contributed by atoms with van der Waals surface area (Å²) in [4.78, 5) is 0. The van der Waals surface area contributed by atoms with Crippen LogP contribution in [0.25, 0.3) is 0 Å². The van der Waals surface area contributed by atoms with E-state index in [0.29, 0.717) is 24.5 Å². The fourth-order valence-corrected chi connectivity index (χ4v) is 1.71. The molecular weight excluding hydrogens is 212 g/mol. The molecule has 0 aliphatic rings. The van der Waals surface area contributed by atoms with Gasteiger partial charge in [0.05, 0.1) is 5.60 Å². The summed E-state index contributed by atoms with van der Waals surface area (Å²) in [5, 5.41) is 10.8. The number of aliphatic hydroxyl groups is 1. The second-order valence-electron chi connectivity index (χ2n) is 4.05. The molecule has 0 bridgehead atoms. The molecule has 3 heteroatoms. The first-order valence-electron chi connectivity index (χ1n) is 4.99. The first-order valence-corrected chi connectivity index (χ1v) is 5.37. The molecule has 0 radical (unpaired) electrons. The van der Waals surface area contributed by atoms with Crippen LogP contribution in [0.5, 0.6) is 0 Å². The van der Waals surface area contributed by atoms with Gasteiger partial charge in [-0.2, -0.15) is 0 Å². The predicted octanol–water partition coefficient (Wildman–Crippen LogP) is 2.67. The molecule has 1 aromatic carbocycles. The predicted molar refractivity (Wildman–Crippen MR) is 62.3 cm³/mol. The van der Waals surface area contributed by atoms with Gasteiger partial charge in [0.25, 0.3) is 0 Å². The van der Waals surface area contributed by atoms with Crippen LogP contribution in [0.15, 0.2) is 24.3 Å². The Balaban J connectivity index is 2.60. The van der Waals surface area contributed by atoms with Crippen molar-refractivity contribution in [3.8, 4) is 0 Å². The molecule has 0 saturated carbocycles. The molecule has 84 valence electrons. The van der Waals surface area contributed by atoms with Crippen LogP contribution < -0.4 is 0 Å². The zero-order chi connectivity index (χ0) is 11.3. The van der Waals surface area contributed by atoms with Crippen molar-refractivity contribution in [2.45, 2.75) is 25.4 Å². The van der Waals surface area contributed by atoms with E-state index in [0.717, 1.165) is 5.56 Å². The molecule has 0 saturated heterocycles. The van der Waals surface area contributed by atoms with Crippen LogP contribution in [-0.2, 0) is 11.2 Å². The largest absolute Gasteiger partial charge is 0.390 e. The second-order valence-corrected chi connectivity index (χ2v) is 4.48. The quantitative estimate of drug-likeness (QED) is 0.840. The lowest BCUT2D eigenvalue weighted by molar-refractivity contribution is 0.0249. The standard InChI is InChI=1S/C12H17ClO2/c1-12(14,6-7-15-2)9-10-4-3-5-11(13)8-10/h3-5,8,14H,6-7,9H2,1-2H3. The lowest BCUT2D eigenvalue weighted by Crippen LogP contribution is -2.28. The van der Waals surface area contributed by atoms with Crippen molar-refractivity contribution < 1.29 is 9.84 Å². The number of ether oxygens (including phenoxy) is 1. The van der Waals surface area contributed by atoms with Gasteiger partial charge in [0.2, 0.25) is 0 Å². The Morgan fingerprint density at radius 3 is 2.80 bits per heavy atom. The molecule has 0 aliphatic carbocycles. The van der Waals surface area contributed by atoms with Crippen molar-refractivity contribution >= 4 is 11.6 Å². The fraction of sp³-hybridized carbons (Fsp3) is 0.500. The van der Waals surface area contributed by atoms with Crippen molar-refractivity contribution in [1.29, 1.82) is 0 Å². The van der Waals surface area contributed by atoms with Crippen molar-refractivity contribution in [2.24, 2.45) is 0 Å². The van der Waals surface area contributed by atoms with Gasteiger partial charge in [-0.05, 0) is 31.0 Å². The molecule has 0 aliphatic heterocycles. The van der Waals surface area contributed by atoms with Crippen LogP contribution in [0.1, 0.15) is 18.9 Å². The van der Waals surface area contributed by atoms with Gasteiger partial charge in [-0.15, -0.1) is 0 Å². The summed E-state index contributed by atoms with van der Waals surface area (Å²) in [5.74, 6) is 0. The first kappa shape index (κ1) is 12.5. The third-order valence-electron chi connectivity index (χ3n) is 2.32. The Morgan fingerprint density at radius 2 is 2.20 bits per heavy atom. The topological polar surface area (TPSA) is 29.5 Å². The normalized spacial score (nSPS) is 14.9. The van der Waals surface area contributed by atoms with Crippen molar-refractivity contribution in [1.82, 2.24) is 0 Å². The van der Waals surface area contributed by atoms with Crippen LogP contribution in [0.4, 0.5) is 0 Å². The average molecular weight is 229 g/mol. The van der Waals surface area contributed by atoms with Gasteiger partial charge >= 0.3 is 0 Å². The minimum absolute atomic E-state index is 0.563. The Hall–Kier alpha value is -0.570. The molecule has 1 atom stereocenters. The maximum absolute atomic E-state index is 10.1. The van der Waals surface area contributed by atoms with Gasteiger partial charge in [-0.25, -0.2) is 0 Å². The van der Waals surface area contributed by atoms with E-state index in [-0.39, 0.29) is 0 Å². The first-order chi connectivity index (χ1) is 7.03. The average Bonchev–Trinajstić information content (AvgIpc) is 2.14. The zero-order valence-corrected chi connectivity index (χ0v) is 9.92. The van der Waals surface area contributed by atoms with E-state index >= 15 is 0 Å². The highest BCUT2D eigenvalue weighted by Crippen LogP contribution is 2.19. The molecule has 0 heterocycles.